The number of nitrogen functional groups attached to an aromatic ring is 2. The predicted octanol–water partition coefficient (Wildman–Crippen LogP) is 2.87. The fourth-order valence-electron chi connectivity index (χ4n) is 2.13. The van der Waals surface area contributed by atoms with Gasteiger partial charge in [0.25, 0.3) is 0 Å². The summed E-state index contributed by atoms with van der Waals surface area (Å²) in [6.07, 6.45) is 0. The van der Waals surface area contributed by atoms with E-state index < -0.39 is 0 Å². The summed E-state index contributed by atoms with van der Waals surface area (Å²) in [5.41, 5.74) is 12.8. The van der Waals surface area contributed by atoms with E-state index in [2.05, 4.69) is 20.3 Å². The van der Waals surface area contributed by atoms with E-state index in [9.17, 15) is 4.79 Å². The third-order valence-corrected chi connectivity index (χ3v) is 4.22. The Kier molecular flexibility index (Phi) is 5.72. The molecule has 27 heavy (non-hydrogen) atoms. The van der Waals surface area contributed by atoms with Gasteiger partial charge in [-0.05, 0) is 43.3 Å². The molecule has 0 spiro atoms. The van der Waals surface area contributed by atoms with E-state index in [4.69, 9.17) is 16.2 Å². The second-order valence-corrected chi connectivity index (χ2v) is 6.55. The first-order chi connectivity index (χ1) is 13.0. The predicted molar refractivity (Wildman–Crippen MR) is 106 cm³/mol. The Morgan fingerprint density at radius 3 is 2.11 bits per heavy atom. The Balaban J connectivity index is 1.52. The van der Waals surface area contributed by atoms with Crippen LogP contribution in [0.4, 0.5) is 17.6 Å². The molecule has 8 nitrogen and oxygen atoms in total. The highest BCUT2D eigenvalue weighted by molar-refractivity contribution is 7.99. The first-order valence-corrected chi connectivity index (χ1v) is 9.01. The highest BCUT2D eigenvalue weighted by Gasteiger charge is 2.08. The third-order valence-electron chi connectivity index (χ3n) is 3.38. The molecule has 0 aliphatic rings. The smallest absolute Gasteiger partial charge is 0.234 e. The molecule has 1 amide bonds. The maximum Gasteiger partial charge on any atom is 0.234 e. The summed E-state index contributed by atoms with van der Waals surface area (Å²) < 4.78 is 5.76. The second-order valence-electron chi connectivity index (χ2n) is 5.61. The molecule has 0 bridgehead atoms. The lowest BCUT2D eigenvalue weighted by Gasteiger charge is -2.08. The maximum atomic E-state index is 12.1. The van der Waals surface area contributed by atoms with Crippen molar-refractivity contribution in [2.75, 3.05) is 22.5 Å². The van der Waals surface area contributed by atoms with Crippen molar-refractivity contribution in [3.05, 3.63) is 54.1 Å². The zero-order valence-electron chi connectivity index (χ0n) is 14.5. The molecule has 1 heterocycles. The Bertz CT molecular complexity index is 911. The average molecular weight is 382 g/mol. The number of rotatable bonds is 6. The molecule has 0 aliphatic carbocycles. The van der Waals surface area contributed by atoms with Crippen molar-refractivity contribution in [3.8, 4) is 11.5 Å². The molecule has 0 fully saturated rings. The van der Waals surface area contributed by atoms with Crippen LogP contribution in [0.15, 0.2) is 53.7 Å². The highest BCUT2D eigenvalue weighted by atomic mass is 32.2. The molecule has 9 heteroatoms. The van der Waals surface area contributed by atoms with Gasteiger partial charge in [0.05, 0.1) is 5.75 Å². The van der Waals surface area contributed by atoms with Crippen molar-refractivity contribution in [1.29, 1.82) is 0 Å². The molecule has 0 radical (unpaired) electrons. The molecule has 0 atom stereocenters. The van der Waals surface area contributed by atoms with E-state index >= 15 is 0 Å². The number of carbonyl (C=O) groups is 1. The number of anilines is 3. The van der Waals surface area contributed by atoms with E-state index in [0.29, 0.717) is 16.6 Å². The summed E-state index contributed by atoms with van der Waals surface area (Å²) in [6.45, 7) is 2.02. The summed E-state index contributed by atoms with van der Waals surface area (Å²) in [5.74, 6) is 1.39. The first-order valence-electron chi connectivity index (χ1n) is 8.02. The van der Waals surface area contributed by atoms with Gasteiger partial charge < -0.3 is 21.5 Å². The molecule has 0 saturated heterocycles. The number of hydrogen-bond acceptors (Lipinski definition) is 8. The van der Waals surface area contributed by atoms with Crippen LogP contribution < -0.4 is 21.5 Å². The van der Waals surface area contributed by atoms with Crippen LogP contribution in [0.25, 0.3) is 0 Å². The van der Waals surface area contributed by atoms with Gasteiger partial charge >= 0.3 is 0 Å². The molecular weight excluding hydrogens is 364 g/mol. The van der Waals surface area contributed by atoms with Crippen LogP contribution in [0.2, 0.25) is 0 Å². The van der Waals surface area contributed by atoms with Gasteiger partial charge in [0.15, 0.2) is 5.16 Å². The normalized spacial score (nSPS) is 10.4. The molecule has 0 aliphatic heterocycles. The SMILES string of the molecule is Cc1ccc(Oc2ccc(NC(=O)CSc3nc(N)nc(N)n3)cc2)cc1. The quantitative estimate of drug-likeness (QED) is 0.555. The topological polar surface area (TPSA) is 129 Å². The zero-order valence-corrected chi connectivity index (χ0v) is 15.4. The lowest BCUT2D eigenvalue weighted by Crippen LogP contribution is -2.14. The number of amides is 1. The number of nitrogens with one attached hydrogen (secondary N) is 1. The second kappa shape index (κ2) is 8.37. The number of nitrogens with two attached hydrogens (primary N) is 2. The Morgan fingerprint density at radius 2 is 1.52 bits per heavy atom. The van der Waals surface area contributed by atoms with Gasteiger partial charge in [-0.15, -0.1) is 0 Å². The summed E-state index contributed by atoms with van der Waals surface area (Å²) in [7, 11) is 0. The molecular formula is C18H18N6O2S. The number of aromatic nitrogens is 3. The largest absolute Gasteiger partial charge is 0.457 e. The van der Waals surface area contributed by atoms with Crippen LogP contribution in [0.5, 0.6) is 11.5 Å². The number of nitrogens with zero attached hydrogens (tertiary/aromatic N) is 3. The van der Waals surface area contributed by atoms with Crippen LogP contribution in [0, 0.1) is 6.92 Å². The van der Waals surface area contributed by atoms with Crippen molar-refractivity contribution in [2.24, 2.45) is 0 Å². The van der Waals surface area contributed by atoms with Crippen LogP contribution >= 0.6 is 11.8 Å². The number of carbonyl (C=O) groups excluding carboxylic acids is 1. The Hall–Kier alpha value is -3.33. The molecule has 0 saturated carbocycles. The van der Waals surface area contributed by atoms with Crippen molar-refractivity contribution in [2.45, 2.75) is 12.1 Å². The molecule has 5 N–H and O–H groups in total. The standard InChI is InChI=1S/C18H18N6O2S/c1-11-2-6-13(7-3-11)26-14-8-4-12(5-9-14)21-15(25)10-27-18-23-16(19)22-17(20)24-18/h2-9H,10H2,1H3,(H,21,25)(H4,19,20,22,23,24). The first kappa shape index (κ1) is 18.5. The molecule has 2 aromatic carbocycles. The fraction of sp³-hybridized carbons (Fsp3) is 0.111. The van der Waals surface area contributed by atoms with Crippen molar-refractivity contribution in [1.82, 2.24) is 15.0 Å². The monoisotopic (exact) mass is 382 g/mol. The lowest BCUT2D eigenvalue weighted by molar-refractivity contribution is -0.113. The van der Waals surface area contributed by atoms with E-state index in [0.717, 1.165) is 17.5 Å². The van der Waals surface area contributed by atoms with Crippen LogP contribution in [-0.4, -0.2) is 26.6 Å². The molecule has 1 aromatic heterocycles. The molecule has 3 rings (SSSR count). The van der Waals surface area contributed by atoms with Crippen molar-refractivity contribution in [3.63, 3.8) is 0 Å². The Labute approximate surface area is 160 Å². The van der Waals surface area contributed by atoms with Crippen molar-refractivity contribution >= 4 is 35.3 Å². The Morgan fingerprint density at radius 1 is 0.963 bits per heavy atom. The summed E-state index contributed by atoms with van der Waals surface area (Å²) in [5, 5.41) is 3.09. The van der Waals surface area contributed by atoms with Gasteiger partial charge in [0.1, 0.15) is 11.5 Å². The zero-order chi connectivity index (χ0) is 19.2. The summed E-state index contributed by atoms with van der Waals surface area (Å²) in [6, 6.07) is 14.9. The van der Waals surface area contributed by atoms with E-state index in [1.807, 2.05) is 31.2 Å². The molecule has 3 aromatic rings. The van der Waals surface area contributed by atoms with E-state index in [1.165, 1.54) is 5.56 Å². The molecule has 138 valence electrons. The van der Waals surface area contributed by atoms with E-state index in [-0.39, 0.29) is 23.6 Å². The number of thioether (sulfide) groups is 1. The summed E-state index contributed by atoms with van der Waals surface area (Å²) >= 11 is 1.12. The molecule has 0 unspecified atom stereocenters. The minimum absolute atomic E-state index is 0.0228. The van der Waals surface area contributed by atoms with E-state index in [1.54, 1.807) is 24.3 Å². The summed E-state index contributed by atoms with van der Waals surface area (Å²) in [4.78, 5) is 23.6. The average Bonchev–Trinajstić information content (AvgIpc) is 2.63. The number of ether oxygens (including phenoxy) is 1. The van der Waals surface area contributed by atoms with Crippen LogP contribution in [0.3, 0.4) is 0 Å². The van der Waals surface area contributed by atoms with Crippen LogP contribution in [-0.2, 0) is 4.79 Å². The minimum atomic E-state index is -0.204. The number of benzene rings is 2. The fourth-order valence-corrected chi connectivity index (χ4v) is 2.78. The minimum Gasteiger partial charge on any atom is -0.457 e. The van der Waals surface area contributed by atoms with Gasteiger partial charge in [0.2, 0.25) is 17.8 Å². The van der Waals surface area contributed by atoms with Gasteiger partial charge in [-0.2, -0.15) is 15.0 Å². The van der Waals surface area contributed by atoms with Crippen molar-refractivity contribution < 1.29 is 9.53 Å². The van der Waals surface area contributed by atoms with Gasteiger partial charge in [0, 0.05) is 5.69 Å². The van der Waals surface area contributed by atoms with Crippen LogP contribution in [0.1, 0.15) is 5.56 Å². The number of hydrogen-bond donors (Lipinski definition) is 3. The highest BCUT2D eigenvalue weighted by Crippen LogP contribution is 2.23. The maximum absolute atomic E-state index is 12.1. The van der Waals surface area contributed by atoms with Gasteiger partial charge in [-0.25, -0.2) is 0 Å². The van der Waals surface area contributed by atoms with Gasteiger partial charge in [-0.3, -0.25) is 4.79 Å². The van der Waals surface area contributed by atoms with Gasteiger partial charge in [-0.1, -0.05) is 29.5 Å². The number of aryl methyl sites for hydroxylation is 1. The third kappa shape index (κ3) is 5.58. The lowest BCUT2D eigenvalue weighted by atomic mass is 10.2.